The highest BCUT2D eigenvalue weighted by Gasteiger charge is 2.19. The van der Waals surface area contributed by atoms with Crippen molar-refractivity contribution in [1.82, 2.24) is 10.2 Å². The SMILES string of the molecule is CC(=O)NC[C@H]1CCCN(CCCOc2c(C)cccc2C)C1. The summed E-state index contributed by atoms with van der Waals surface area (Å²) in [6.45, 7) is 10.7. The Bertz CT molecular complexity index is 496. The molecule has 23 heavy (non-hydrogen) atoms. The molecule has 1 aliphatic heterocycles. The van der Waals surface area contributed by atoms with E-state index in [4.69, 9.17) is 4.74 Å². The molecule has 1 aromatic rings. The second kappa shape index (κ2) is 8.92. The number of rotatable bonds is 7. The first-order valence-corrected chi connectivity index (χ1v) is 8.72. The molecule has 1 aliphatic rings. The third-order valence-electron chi connectivity index (χ3n) is 4.52. The van der Waals surface area contributed by atoms with E-state index in [9.17, 15) is 4.79 Å². The molecule has 4 nitrogen and oxygen atoms in total. The van der Waals surface area contributed by atoms with E-state index in [0.717, 1.165) is 38.4 Å². The Labute approximate surface area is 140 Å². The minimum atomic E-state index is 0.0733. The molecular formula is C19H30N2O2. The first-order chi connectivity index (χ1) is 11.1. The van der Waals surface area contributed by atoms with Gasteiger partial charge in [-0.1, -0.05) is 18.2 Å². The highest BCUT2D eigenvalue weighted by Crippen LogP contribution is 2.22. The molecule has 2 rings (SSSR count). The Hall–Kier alpha value is -1.55. The van der Waals surface area contributed by atoms with Crippen molar-refractivity contribution in [3.05, 3.63) is 29.3 Å². The van der Waals surface area contributed by atoms with Crippen LogP contribution >= 0.6 is 0 Å². The zero-order chi connectivity index (χ0) is 16.7. The van der Waals surface area contributed by atoms with Crippen molar-refractivity contribution in [1.29, 1.82) is 0 Å². The maximum Gasteiger partial charge on any atom is 0.216 e. The number of carbonyl (C=O) groups excluding carboxylic acids is 1. The smallest absolute Gasteiger partial charge is 0.216 e. The van der Waals surface area contributed by atoms with Crippen LogP contribution < -0.4 is 10.1 Å². The second-order valence-electron chi connectivity index (χ2n) is 6.67. The maximum absolute atomic E-state index is 11.0. The number of hydrogen-bond acceptors (Lipinski definition) is 3. The quantitative estimate of drug-likeness (QED) is 0.786. The summed E-state index contributed by atoms with van der Waals surface area (Å²) in [6, 6.07) is 6.26. The van der Waals surface area contributed by atoms with Crippen LogP contribution in [-0.2, 0) is 4.79 Å². The number of amides is 1. The molecule has 0 bridgehead atoms. The fraction of sp³-hybridized carbons (Fsp3) is 0.632. The van der Waals surface area contributed by atoms with Gasteiger partial charge in [-0.05, 0) is 56.7 Å². The lowest BCUT2D eigenvalue weighted by atomic mass is 9.98. The zero-order valence-electron chi connectivity index (χ0n) is 14.7. The minimum absolute atomic E-state index is 0.0733. The van der Waals surface area contributed by atoms with Gasteiger partial charge in [0.1, 0.15) is 5.75 Å². The van der Waals surface area contributed by atoms with Crippen molar-refractivity contribution in [3.63, 3.8) is 0 Å². The summed E-state index contributed by atoms with van der Waals surface area (Å²) in [4.78, 5) is 13.5. The van der Waals surface area contributed by atoms with Crippen LogP contribution in [0.15, 0.2) is 18.2 Å². The summed E-state index contributed by atoms with van der Waals surface area (Å²) in [5.74, 6) is 1.70. The van der Waals surface area contributed by atoms with E-state index in [0.29, 0.717) is 5.92 Å². The van der Waals surface area contributed by atoms with Gasteiger partial charge in [0.15, 0.2) is 0 Å². The standard InChI is InChI=1S/C19H30N2O2/c1-15-7-4-8-16(2)19(15)23-12-6-11-21-10-5-9-18(14-21)13-20-17(3)22/h4,7-8,18H,5-6,9-14H2,1-3H3,(H,20,22)/t18-/m1/s1. The average Bonchev–Trinajstić information content (AvgIpc) is 2.52. The van der Waals surface area contributed by atoms with E-state index >= 15 is 0 Å². The van der Waals surface area contributed by atoms with Crippen molar-refractivity contribution in [3.8, 4) is 5.75 Å². The first-order valence-electron chi connectivity index (χ1n) is 8.72. The van der Waals surface area contributed by atoms with Gasteiger partial charge in [-0.2, -0.15) is 0 Å². The zero-order valence-corrected chi connectivity index (χ0v) is 14.7. The van der Waals surface area contributed by atoms with Gasteiger partial charge >= 0.3 is 0 Å². The Morgan fingerprint density at radius 3 is 2.78 bits per heavy atom. The molecule has 0 saturated carbocycles. The number of piperidine rings is 1. The van der Waals surface area contributed by atoms with Gasteiger partial charge in [-0.3, -0.25) is 4.79 Å². The molecule has 0 aliphatic carbocycles. The summed E-state index contributed by atoms with van der Waals surface area (Å²) in [6.07, 6.45) is 3.48. The summed E-state index contributed by atoms with van der Waals surface area (Å²) >= 11 is 0. The molecule has 1 saturated heterocycles. The normalized spacial score (nSPS) is 18.7. The van der Waals surface area contributed by atoms with Crippen LogP contribution in [0.3, 0.4) is 0 Å². The lowest BCUT2D eigenvalue weighted by Crippen LogP contribution is -2.41. The number of likely N-dealkylation sites (tertiary alicyclic amines) is 1. The molecule has 1 heterocycles. The number of aryl methyl sites for hydroxylation is 2. The van der Waals surface area contributed by atoms with Crippen LogP contribution in [0.5, 0.6) is 5.75 Å². The van der Waals surface area contributed by atoms with E-state index in [2.05, 4.69) is 42.3 Å². The van der Waals surface area contributed by atoms with Crippen LogP contribution in [-0.4, -0.2) is 43.6 Å². The van der Waals surface area contributed by atoms with E-state index in [-0.39, 0.29) is 5.91 Å². The predicted octanol–water partition coefficient (Wildman–Crippen LogP) is 2.92. The number of benzene rings is 1. The average molecular weight is 318 g/mol. The molecule has 4 heteroatoms. The molecule has 0 unspecified atom stereocenters. The molecule has 1 fully saturated rings. The number of hydrogen-bond donors (Lipinski definition) is 1. The Morgan fingerprint density at radius 2 is 2.09 bits per heavy atom. The molecular weight excluding hydrogens is 288 g/mol. The third kappa shape index (κ3) is 5.87. The van der Waals surface area contributed by atoms with E-state index in [1.165, 1.54) is 30.5 Å². The number of carbonyl (C=O) groups is 1. The fourth-order valence-corrected chi connectivity index (χ4v) is 3.30. The lowest BCUT2D eigenvalue weighted by molar-refractivity contribution is -0.119. The van der Waals surface area contributed by atoms with Gasteiger partial charge in [-0.25, -0.2) is 0 Å². The van der Waals surface area contributed by atoms with Gasteiger partial charge < -0.3 is 15.0 Å². The van der Waals surface area contributed by atoms with Crippen molar-refractivity contribution >= 4 is 5.91 Å². The van der Waals surface area contributed by atoms with E-state index in [1.54, 1.807) is 6.92 Å². The Morgan fingerprint density at radius 1 is 1.35 bits per heavy atom. The van der Waals surface area contributed by atoms with Gasteiger partial charge in [0.2, 0.25) is 5.91 Å². The second-order valence-corrected chi connectivity index (χ2v) is 6.67. The molecule has 0 spiro atoms. The topological polar surface area (TPSA) is 41.6 Å². The largest absolute Gasteiger partial charge is 0.493 e. The van der Waals surface area contributed by atoms with Crippen LogP contribution in [0.4, 0.5) is 0 Å². The van der Waals surface area contributed by atoms with Gasteiger partial charge in [-0.15, -0.1) is 0 Å². The van der Waals surface area contributed by atoms with Crippen molar-refractivity contribution < 1.29 is 9.53 Å². The molecule has 128 valence electrons. The van der Waals surface area contributed by atoms with Crippen molar-refractivity contribution in [2.45, 2.75) is 40.0 Å². The molecule has 0 aromatic heterocycles. The Kier molecular flexibility index (Phi) is 6.90. The fourth-order valence-electron chi connectivity index (χ4n) is 3.30. The first kappa shape index (κ1) is 17.8. The van der Waals surface area contributed by atoms with Crippen molar-refractivity contribution in [2.75, 3.05) is 32.8 Å². The Balaban J connectivity index is 1.68. The monoisotopic (exact) mass is 318 g/mol. The van der Waals surface area contributed by atoms with E-state index < -0.39 is 0 Å². The van der Waals surface area contributed by atoms with Gasteiger partial charge in [0.25, 0.3) is 0 Å². The number of para-hydroxylation sites is 1. The highest BCUT2D eigenvalue weighted by atomic mass is 16.5. The number of nitrogens with zero attached hydrogens (tertiary/aromatic N) is 1. The summed E-state index contributed by atoms with van der Waals surface area (Å²) in [5.41, 5.74) is 2.41. The molecule has 0 radical (unpaired) electrons. The number of ether oxygens (including phenoxy) is 1. The molecule has 1 amide bonds. The summed E-state index contributed by atoms with van der Waals surface area (Å²) in [5, 5.41) is 2.95. The van der Waals surface area contributed by atoms with Gasteiger partial charge in [0, 0.05) is 26.6 Å². The minimum Gasteiger partial charge on any atom is -0.493 e. The summed E-state index contributed by atoms with van der Waals surface area (Å²) in [7, 11) is 0. The number of nitrogens with one attached hydrogen (secondary N) is 1. The van der Waals surface area contributed by atoms with Crippen molar-refractivity contribution in [2.24, 2.45) is 5.92 Å². The van der Waals surface area contributed by atoms with Crippen LogP contribution in [0.1, 0.15) is 37.3 Å². The molecule has 1 atom stereocenters. The van der Waals surface area contributed by atoms with Crippen LogP contribution in [0.2, 0.25) is 0 Å². The van der Waals surface area contributed by atoms with Crippen LogP contribution in [0, 0.1) is 19.8 Å². The van der Waals surface area contributed by atoms with Crippen LogP contribution in [0.25, 0.3) is 0 Å². The highest BCUT2D eigenvalue weighted by molar-refractivity contribution is 5.72. The molecule has 1 N–H and O–H groups in total. The third-order valence-corrected chi connectivity index (χ3v) is 4.52. The maximum atomic E-state index is 11.0. The summed E-state index contributed by atoms with van der Waals surface area (Å²) < 4.78 is 5.98. The lowest BCUT2D eigenvalue weighted by Gasteiger charge is -2.32. The predicted molar refractivity (Wildman–Crippen MR) is 93.9 cm³/mol. The van der Waals surface area contributed by atoms with E-state index in [1.807, 2.05) is 0 Å². The van der Waals surface area contributed by atoms with Gasteiger partial charge in [0.05, 0.1) is 6.61 Å². The molecule has 1 aromatic carbocycles.